The van der Waals surface area contributed by atoms with Crippen LogP contribution in [0.15, 0.2) is 102 Å². The third kappa shape index (κ3) is 9.08. The van der Waals surface area contributed by atoms with E-state index in [1.807, 2.05) is 57.2 Å². The van der Waals surface area contributed by atoms with E-state index in [1.165, 1.54) is 37.3 Å². The molecular formula is C37H42ClN3O6S. The highest BCUT2D eigenvalue weighted by Crippen LogP contribution is 2.34. The Bertz CT molecular complexity index is 1800. The van der Waals surface area contributed by atoms with E-state index in [4.69, 9.17) is 21.1 Å². The van der Waals surface area contributed by atoms with Gasteiger partial charge in [-0.1, -0.05) is 78.7 Å². The first-order valence-corrected chi connectivity index (χ1v) is 17.5. The van der Waals surface area contributed by atoms with Crippen LogP contribution in [0.25, 0.3) is 0 Å². The number of nitrogens with one attached hydrogen (secondary N) is 1. The molecule has 0 heterocycles. The number of hydrogen-bond acceptors (Lipinski definition) is 6. The normalized spacial score (nSPS) is 12.5. The number of carbonyl (C=O) groups is 2. The minimum atomic E-state index is -4.28. The lowest BCUT2D eigenvalue weighted by molar-refractivity contribution is -0.140. The summed E-state index contributed by atoms with van der Waals surface area (Å²) in [4.78, 5) is 30.1. The van der Waals surface area contributed by atoms with Crippen LogP contribution < -0.4 is 19.1 Å². The summed E-state index contributed by atoms with van der Waals surface area (Å²) in [6, 6.07) is 26.4. The van der Waals surface area contributed by atoms with Crippen LogP contribution in [0.2, 0.25) is 5.02 Å². The van der Waals surface area contributed by atoms with Crippen LogP contribution in [0, 0.1) is 6.92 Å². The van der Waals surface area contributed by atoms with Gasteiger partial charge in [-0.3, -0.25) is 13.9 Å². The van der Waals surface area contributed by atoms with Gasteiger partial charge in [-0.25, -0.2) is 8.42 Å². The molecule has 0 saturated carbocycles. The highest BCUT2D eigenvalue weighted by atomic mass is 35.5. The fourth-order valence-corrected chi connectivity index (χ4v) is 6.79. The second-order valence-corrected chi connectivity index (χ2v) is 13.8. The Hall–Kier alpha value is -4.54. The molecule has 4 aromatic rings. The van der Waals surface area contributed by atoms with E-state index >= 15 is 0 Å². The fraction of sp³-hybridized carbons (Fsp3) is 0.297. The van der Waals surface area contributed by atoms with Crippen molar-refractivity contribution in [2.75, 3.05) is 25.1 Å². The van der Waals surface area contributed by atoms with Gasteiger partial charge in [-0.05, 0) is 67.8 Å². The average molecular weight is 692 g/mol. The summed E-state index contributed by atoms with van der Waals surface area (Å²) in [5, 5.41) is 3.51. The first kappa shape index (κ1) is 36.3. The third-order valence-electron chi connectivity index (χ3n) is 8.06. The Kier molecular flexibility index (Phi) is 12.5. The van der Waals surface area contributed by atoms with E-state index in [2.05, 4.69) is 5.32 Å². The molecule has 0 aliphatic carbocycles. The molecule has 11 heteroatoms. The number of hydrogen-bond donors (Lipinski definition) is 1. The number of ether oxygens (including phenoxy) is 2. The Morgan fingerprint density at radius 2 is 1.52 bits per heavy atom. The lowest BCUT2D eigenvalue weighted by Crippen LogP contribution is -2.54. The van der Waals surface area contributed by atoms with Crippen molar-refractivity contribution in [3.8, 4) is 11.5 Å². The summed E-state index contributed by atoms with van der Waals surface area (Å²) in [7, 11) is -1.36. The quantitative estimate of drug-likeness (QED) is 0.154. The molecule has 0 aliphatic rings. The predicted octanol–water partition coefficient (Wildman–Crippen LogP) is 6.42. The van der Waals surface area contributed by atoms with E-state index < -0.39 is 28.5 Å². The maximum atomic E-state index is 14.7. The lowest BCUT2D eigenvalue weighted by Gasteiger charge is -2.34. The van der Waals surface area contributed by atoms with Crippen molar-refractivity contribution in [3.63, 3.8) is 0 Å². The van der Waals surface area contributed by atoms with E-state index in [9.17, 15) is 18.0 Å². The zero-order valence-electron chi connectivity index (χ0n) is 27.9. The van der Waals surface area contributed by atoms with Gasteiger partial charge >= 0.3 is 0 Å². The molecule has 254 valence electrons. The molecule has 48 heavy (non-hydrogen) atoms. The second kappa shape index (κ2) is 16.5. The van der Waals surface area contributed by atoms with Crippen LogP contribution >= 0.6 is 11.6 Å². The van der Waals surface area contributed by atoms with Crippen molar-refractivity contribution in [3.05, 3.63) is 119 Å². The Labute approximate surface area is 288 Å². The molecule has 0 aliphatic heterocycles. The van der Waals surface area contributed by atoms with Gasteiger partial charge in [-0.2, -0.15) is 0 Å². The smallest absolute Gasteiger partial charge is 0.264 e. The summed E-state index contributed by atoms with van der Waals surface area (Å²) in [5.41, 5.74) is 2.60. The molecule has 4 rings (SSSR count). The molecule has 1 N–H and O–H groups in total. The third-order valence-corrected chi connectivity index (χ3v) is 10.1. The van der Waals surface area contributed by atoms with E-state index in [0.717, 1.165) is 15.4 Å². The zero-order chi connectivity index (χ0) is 34.8. The topological polar surface area (TPSA) is 105 Å². The largest absolute Gasteiger partial charge is 0.493 e. The van der Waals surface area contributed by atoms with Crippen LogP contribution in [-0.4, -0.2) is 58.0 Å². The number of benzene rings is 4. The summed E-state index contributed by atoms with van der Waals surface area (Å²) < 4.78 is 40.6. The first-order chi connectivity index (χ1) is 23.0. The van der Waals surface area contributed by atoms with Crippen LogP contribution in [0.1, 0.15) is 37.0 Å². The Balaban J connectivity index is 1.85. The van der Waals surface area contributed by atoms with Crippen molar-refractivity contribution >= 4 is 39.1 Å². The van der Waals surface area contributed by atoms with Gasteiger partial charge in [0.25, 0.3) is 10.0 Å². The molecule has 0 aromatic heterocycles. The zero-order valence-corrected chi connectivity index (χ0v) is 29.4. The number of methoxy groups -OCH3 is 2. The molecule has 0 unspecified atom stereocenters. The van der Waals surface area contributed by atoms with Crippen molar-refractivity contribution in [1.29, 1.82) is 0 Å². The van der Waals surface area contributed by atoms with Crippen LogP contribution in [0.3, 0.4) is 0 Å². The number of sulfonamides is 1. The minimum absolute atomic E-state index is 0.00688. The molecule has 0 radical (unpaired) electrons. The Morgan fingerprint density at radius 1 is 0.854 bits per heavy atom. The molecule has 0 fully saturated rings. The summed E-state index contributed by atoms with van der Waals surface area (Å²) in [6.07, 6.45) is 0.893. The number of carbonyl (C=O) groups excluding carboxylic acids is 2. The number of amides is 2. The fourth-order valence-electron chi connectivity index (χ4n) is 5.17. The number of anilines is 1. The van der Waals surface area contributed by atoms with Crippen molar-refractivity contribution in [2.24, 2.45) is 0 Å². The van der Waals surface area contributed by atoms with Gasteiger partial charge in [-0.15, -0.1) is 0 Å². The minimum Gasteiger partial charge on any atom is -0.493 e. The predicted molar refractivity (Wildman–Crippen MR) is 189 cm³/mol. The van der Waals surface area contributed by atoms with E-state index in [1.54, 1.807) is 42.5 Å². The lowest BCUT2D eigenvalue weighted by atomic mass is 10.0. The van der Waals surface area contributed by atoms with Crippen LogP contribution in [0.5, 0.6) is 11.5 Å². The van der Waals surface area contributed by atoms with E-state index in [-0.39, 0.29) is 41.2 Å². The second-order valence-electron chi connectivity index (χ2n) is 11.5. The number of halogens is 1. The van der Waals surface area contributed by atoms with Gasteiger partial charge in [0.15, 0.2) is 11.5 Å². The SMILES string of the molecule is CC[C@@H](C)NC(=O)[C@H](Cc1ccccc1)N(Cc1cccc(Cl)c1)C(=O)CN(c1ccc(OC)c(OC)c1)S(=O)(=O)c1ccc(C)cc1. The summed E-state index contributed by atoms with van der Waals surface area (Å²) >= 11 is 6.33. The van der Waals surface area contributed by atoms with Crippen molar-refractivity contribution in [2.45, 2.75) is 57.1 Å². The molecule has 0 bridgehead atoms. The summed E-state index contributed by atoms with van der Waals surface area (Å²) in [5.74, 6) is -0.243. The van der Waals surface area contributed by atoms with Gasteiger partial charge in [0.05, 0.1) is 24.8 Å². The van der Waals surface area contributed by atoms with Gasteiger partial charge in [0, 0.05) is 30.1 Å². The molecular weight excluding hydrogens is 650 g/mol. The van der Waals surface area contributed by atoms with Crippen LogP contribution in [-0.2, 0) is 32.6 Å². The highest BCUT2D eigenvalue weighted by Gasteiger charge is 2.35. The molecule has 2 atom stereocenters. The number of aryl methyl sites for hydroxylation is 1. The number of nitrogens with zero attached hydrogens (tertiary/aromatic N) is 2. The highest BCUT2D eigenvalue weighted by molar-refractivity contribution is 7.92. The average Bonchev–Trinajstić information content (AvgIpc) is 3.08. The standard InChI is InChI=1S/C37H42ClN3O6S/c1-6-27(3)39-37(43)33(22-28-11-8-7-9-12-28)40(24-29-13-10-14-30(38)21-29)36(42)25-41(31-17-20-34(46-4)35(23-31)47-5)48(44,45)32-18-15-26(2)16-19-32/h7-21,23,27,33H,6,22,24-25H2,1-5H3,(H,39,43)/t27-,33+/m1/s1. The summed E-state index contributed by atoms with van der Waals surface area (Å²) in [6.45, 7) is 5.12. The molecule has 0 spiro atoms. The van der Waals surface area contributed by atoms with Crippen LogP contribution in [0.4, 0.5) is 5.69 Å². The van der Waals surface area contributed by atoms with E-state index in [0.29, 0.717) is 22.8 Å². The Morgan fingerprint density at radius 3 is 2.15 bits per heavy atom. The molecule has 0 saturated heterocycles. The molecule has 4 aromatic carbocycles. The monoisotopic (exact) mass is 691 g/mol. The van der Waals surface area contributed by atoms with Gasteiger partial charge < -0.3 is 19.7 Å². The maximum Gasteiger partial charge on any atom is 0.264 e. The number of rotatable bonds is 15. The molecule has 9 nitrogen and oxygen atoms in total. The van der Waals surface area contributed by atoms with Crippen molar-refractivity contribution < 1.29 is 27.5 Å². The van der Waals surface area contributed by atoms with Gasteiger partial charge in [0.1, 0.15) is 12.6 Å². The first-order valence-electron chi connectivity index (χ1n) is 15.7. The maximum absolute atomic E-state index is 14.7. The molecule has 2 amide bonds. The van der Waals surface area contributed by atoms with Crippen molar-refractivity contribution in [1.82, 2.24) is 10.2 Å². The van der Waals surface area contributed by atoms with Gasteiger partial charge in [0.2, 0.25) is 11.8 Å².